The van der Waals surface area contributed by atoms with Crippen molar-refractivity contribution in [3.8, 4) is 0 Å². The quantitative estimate of drug-likeness (QED) is 0.647. The number of hydrogen-bond acceptors (Lipinski definition) is 2. The Morgan fingerprint density at radius 2 is 1.14 bits per heavy atom. The van der Waals surface area contributed by atoms with Crippen molar-refractivity contribution in [1.29, 1.82) is 0 Å². The Morgan fingerprint density at radius 3 is 1.50 bits per heavy atom. The van der Waals surface area contributed by atoms with Gasteiger partial charge < -0.3 is 9.80 Å². The third-order valence-electron chi connectivity index (χ3n) is 4.33. The molecule has 0 N–H and O–H groups in total. The van der Waals surface area contributed by atoms with Crippen molar-refractivity contribution >= 4 is 0 Å². The van der Waals surface area contributed by atoms with Crippen LogP contribution in [-0.2, 0) is 0 Å². The van der Waals surface area contributed by atoms with Crippen molar-refractivity contribution in [2.75, 3.05) is 39.3 Å². The Hall–Kier alpha value is -0.0800. The predicted octanol–water partition coefficient (Wildman–Crippen LogP) is 5.67. The van der Waals surface area contributed by atoms with Gasteiger partial charge in [-0.15, -0.1) is 0 Å². The van der Waals surface area contributed by atoms with E-state index in [0.717, 1.165) is 5.92 Å². The molecule has 0 radical (unpaired) electrons. The van der Waals surface area contributed by atoms with Gasteiger partial charge in [-0.05, 0) is 64.3 Å². The smallest absolute Gasteiger partial charge is 0.000691 e. The van der Waals surface area contributed by atoms with Crippen molar-refractivity contribution in [3.63, 3.8) is 0 Å². The molecule has 0 bridgehead atoms. The van der Waals surface area contributed by atoms with Crippen molar-refractivity contribution in [3.05, 3.63) is 0 Å². The van der Waals surface area contributed by atoms with Crippen molar-refractivity contribution < 1.29 is 0 Å². The zero-order valence-corrected chi connectivity index (χ0v) is 17.0. The molecule has 2 fully saturated rings. The molecular formula is C20H46N2. The highest BCUT2D eigenvalue weighted by atomic mass is 15.1. The maximum Gasteiger partial charge on any atom is 0.000691 e. The Kier molecular flexibility index (Phi) is 20.8. The normalized spacial score (nSPS) is 22.8. The summed E-state index contributed by atoms with van der Waals surface area (Å²) < 4.78 is 0. The minimum Gasteiger partial charge on any atom is -0.304 e. The lowest BCUT2D eigenvalue weighted by atomic mass is 10.0. The molecule has 2 saturated heterocycles. The molecule has 2 aliphatic rings. The Balaban J connectivity index is 0. The van der Waals surface area contributed by atoms with E-state index >= 15 is 0 Å². The highest BCUT2D eigenvalue weighted by Crippen LogP contribution is 2.14. The van der Waals surface area contributed by atoms with E-state index in [4.69, 9.17) is 0 Å². The second kappa shape index (κ2) is 19.0. The lowest BCUT2D eigenvalue weighted by Crippen LogP contribution is -2.33. The van der Waals surface area contributed by atoms with Gasteiger partial charge in [0.25, 0.3) is 0 Å². The lowest BCUT2D eigenvalue weighted by Gasteiger charge is -2.29. The number of rotatable bonds is 2. The highest BCUT2D eigenvalue weighted by molar-refractivity contribution is 4.67. The summed E-state index contributed by atoms with van der Waals surface area (Å²) in [6.07, 6.45) is 8.61. The van der Waals surface area contributed by atoms with Gasteiger partial charge in [-0.1, -0.05) is 61.3 Å². The molecule has 0 saturated carbocycles. The molecule has 0 aliphatic carbocycles. The minimum absolute atomic E-state index is 0.943. The molecule has 0 aromatic rings. The van der Waals surface area contributed by atoms with Gasteiger partial charge in [0.15, 0.2) is 0 Å². The number of nitrogens with zero attached hydrogens (tertiary/aromatic N) is 2. The van der Waals surface area contributed by atoms with Crippen molar-refractivity contribution in [1.82, 2.24) is 9.80 Å². The van der Waals surface area contributed by atoms with Crippen molar-refractivity contribution in [2.24, 2.45) is 5.92 Å². The van der Waals surface area contributed by atoms with Gasteiger partial charge in [-0.25, -0.2) is 0 Å². The molecule has 0 spiro atoms. The van der Waals surface area contributed by atoms with Gasteiger partial charge in [0.2, 0.25) is 0 Å². The largest absolute Gasteiger partial charge is 0.304 e. The molecule has 0 aromatic carbocycles. The van der Waals surface area contributed by atoms with Crippen LogP contribution in [0.1, 0.15) is 87.0 Å². The molecular weight excluding hydrogens is 268 g/mol. The molecule has 2 heteroatoms. The van der Waals surface area contributed by atoms with Gasteiger partial charge in [0.05, 0.1) is 0 Å². The summed E-state index contributed by atoms with van der Waals surface area (Å²) in [4.78, 5) is 5.08. The van der Waals surface area contributed by atoms with E-state index in [1.165, 1.54) is 77.8 Å². The summed E-state index contributed by atoms with van der Waals surface area (Å²) in [7, 11) is 0. The SMILES string of the molecule is CC.CC.CCN1CCCC(C)C1.CCN1CCCCCC1. The number of hydrogen-bond donors (Lipinski definition) is 0. The Bertz CT molecular complexity index is 184. The molecule has 2 aliphatic heterocycles. The third-order valence-corrected chi connectivity index (χ3v) is 4.33. The monoisotopic (exact) mass is 314 g/mol. The first-order valence-corrected chi connectivity index (χ1v) is 10.2. The first-order valence-electron chi connectivity index (χ1n) is 10.2. The minimum atomic E-state index is 0.943. The van der Waals surface area contributed by atoms with Gasteiger partial charge in [0, 0.05) is 6.54 Å². The van der Waals surface area contributed by atoms with Crippen LogP contribution in [-0.4, -0.2) is 49.1 Å². The van der Waals surface area contributed by atoms with E-state index in [9.17, 15) is 0 Å². The van der Waals surface area contributed by atoms with Gasteiger partial charge in [-0.2, -0.15) is 0 Å². The van der Waals surface area contributed by atoms with Gasteiger partial charge in [0.1, 0.15) is 0 Å². The maximum absolute atomic E-state index is 2.55. The van der Waals surface area contributed by atoms with Crippen LogP contribution in [0.4, 0.5) is 0 Å². The molecule has 1 atom stereocenters. The van der Waals surface area contributed by atoms with Gasteiger partial charge >= 0.3 is 0 Å². The summed E-state index contributed by atoms with van der Waals surface area (Å²) in [5.74, 6) is 0.943. The molecule has 2 rings (SSSR count). The molecule has 22 heavy (non-hydrogen) atoms. The molecule has 2 heterocycles. The Morgan fingerprint density at radius 1 is 0.682 bits per heavy atom. The zero-order valence-electron chi connectivity index (χ0n) is 17.0. The first kappa shape index (κ1) is 24.2. The van der Waals surface area contributed by atoms with Gasteiger partial charge in [-0.3, -0.25) is 0 Å². The second-order valence-corrected chi connectivity index (χ2v) is 5.99. The maximum atomic E-state index is 2.55. The fourth-order valence-corrected chi connectivity index (χ4v) is 3.03. The molecule has 0 aromatic heterocycles. The van der Waals surface area contributed by atoms with Crippen LogP contribution in [0.5, 0.6) is 0 Å². The zero-order chi connectivity index (χ0) is 17.2. The summed E-state index contributed by atoms with van der Waals surface area (Å²) in [6, 6.07) is 0. The topological polar surface area (TPSA) is 6.48 Å². The van der Waals surface area contributed by atoms with E-state index in [2.05, 4.69) is 30.6 Å². The average Bonchev–Trinajstić information content (AvgIpc) is 2.88. The highest BCUT2D eigenvalue weighted by Gasteiger charge is 2.13. The molecule has 0 amide bonds. The standard InChI is InChI=1S/2C8H17N.2C2H6/c1-3-9-6-4-5-8(2)7-9;1-2-9-7-5-3-4-6-8-9;2*1-2/h8H,3-7H2,1-2H3;2-8H2,1H3;2*1-2H3. The Labute approximate surface area is 142 Å². The van der Waals surface area contributed by atoms with Crippen LogP contribution in [0.25, 0.3) is 0 Å². The van der Waals surface area contributed by atoms with E-state index in [1.807, 2.05) is 27.7 Å². The second-order valence-electron chi connectivity index (χ2n) is 5.99. The van der Waals surface area contributed by atoms with E-state index < -0.39 is 0 Å². The van der Waals surface area contributed by atoms with E-state index in [0.29, 0.717) is 0 Å². The van der Waals surface area contributed by atoms with Crippen LogP contribution >= 0.6 is 0 Å². The predicted molar refractivity (Wildman–Crippen MR) is 104 cm³/mol. The summed E-state index contributed by atoms with van der Waals surface area (Å²) in [5, 5.41) is 0. The average molecular weight is 315 g/mol. The first-order chi connectivity index (χ1) is 10.8. The van der Waals surface area contributed by atoms with Crippen molar-refractivity contribution in [2.45, 2.75) is 87.0 Å². The number of likely N-dealkylation sites (tertiary alicyclic amines) is 2. The van der Waals surface area contributed by atoms with Crippen LogP contribution in [0, 0.1) is 5.92 Å². The van der Waals surface area contributed by atoms with Crippen LogP contribution in [0.15, 0.2) is 0 Å². The molecule has 2 nitrogen and oxygen atoms in total. The van der Waals surface area contributed by atoms with E-state index in [-0.39, 0.29) is 0 Å². The van der Waals surface area contributed by atoms with Crippen LogP contribution < -0.4 is 0 Å². The molecule has 136 valence electrons. The fraction of sp³-hybridized carbons (Fsp3) is 1.00. The third kappa shape index (κ3) is 13.6. The van der Waals surface area contributed by atoms with E-state index in [1.54, 1.807) is 0 Å². The summed E-state index contributed by atoms with van der Waals surface area (Å²) in [6.45, 7) is 22.7. The van der Waals surface area contributed by atoms with Crippen LogP contribution in [0.3, 0.4) is 0 Å². The van der Waals surface area contributed by atoms with Crippen LogP contribution in [0.2, 0.25) is 0 Å². The lowest BCUT2D eigenvalue weighted by molar-refractivity contribution is 0.192. The molecule has 1 unspecified atom stereocenters. The summed E-state index contributed by atoms with van der Waals surface area (Å²) in [5.41, 5.74) is 0. The fourth-order valence-electron chi connectivity index (χ4n) is 3.03. The number of piperidine rings is 1. The summed E-state index contributed by atoms with van der Waals surface area (Å²) >= 11 is 0.